The molecule has 3 aromatic heterocycles. The molecular formula is C23H30N6OS. The van der Waals surface area contributed by atoms with Crippen molar-refractivity contribution in [3.05, 3.63) is 47.2 Å². The molecule has 1 saturated heterocycles. The fourth-order valence-corrected chi connectivity index (χ4v) is 5.08. The molecule has 0 N–H and O–H groups in total. The van der Waals surface area contributed by atoms with Crippen molar-refractivity contribution in [3.8, 4) is 16.5 Å². The Hall–Kier alpha value is -2.58. The van der Waals surface area contributed by atoms with E-state index in [0.29, 0.717) is 17.6 Å². The summed E-state index contributed by atoms with van der Waals surface area (Å²) in [5, 5.41) is 6.58. The highest BCUT2D eigenvalue weighted by molar-refractivity contribution is 7.13. The predicted molar refractivity (Wildman–Crippen MR) is 124 cm³/mol. The van der Waals surface area contributed by atoms with Crippen LogP contribution in [0.3, 0.4) is 0 Å². The molecule has 7 nitrogen and oxygen atoms in total. The number of hydrogen-bond acceptors (Lipinski definition) is 6. The average molecular weight is 439 g/mol. The molecular weight excluding hydrogens is 408 g/mol. The molecule has 0 saturated carbocycles. The maximum atomic E-state index is 13.4. The second kappa shape index (κ2) is 9.28. The third-order valence-corrected chi connectivity index (χ3v) is 6.86. The van der Waals surface area contributed by atoms with E-state index in [1.807, 2.05) is 28.5 Å². The Morgan fingerprint density at radius 1 is 1.29 bits per heavy atom. The number of rotatable bonds is 7. The van der Waals surface area contributed by atoms with E-state index in [0.717, 1.165) is 48.9 Å². The summed E-state index contributed by atoms with van der Waals surface area (Å²) in [7, 11) is 0. The zero-order chi connectivity index (χ0) is 22.0. The van der Waals surface area contributed by atoms with Gasteiger partial charge in [0.2, 0.25) is 0 Å². The topological polar surface area (TPSA) is 67.2 Å². The Kier molecular flexibility index (Phi) is 6.48. The zero-order valence-electron chi connectivity index (χ0n) is 18.7. The van der Waals surface area contributed by atoms with Crippen LogP contribution in [0.5, 0.6) is 0 Å². The Morgan fingerprint density at radius 2 is 2.10 bits per heavy atom. The number of likely N-dealkylation sites (tertiary alicyclic amines) is 1. The van der Waals surface area contributed by atoms with E-state index >= 15 is 0 Å². The van der Waals surface area contributed by atoms with Gasteiger partial charge >= 0.3 is 0 Å². The van der Waals surface area contributed by atoms with Crippen LogP contribution in [0.2, 0.25) is 0 Å². The van der Waals surface area contributed by atoms with Crippen LogP contribution in [0.1, 0.15) is 56.1 Å². The first-order valence-corrected chi connectivity index (χ1v) is 11.9. The maximum Gasteiger partial charge on any atom is 0.257 e. The van der Waals surface area contributed by atoms with Crippen LogP contribution in [0, 0.1) is 0 Å². The van der Waals surface area contributed by atoms with Crippen molar-refractivity contribution < 1.29 is 4.79 Å². The lowest BCUT2D eigenvalue weighted by Gasteiger charge is -2.26. The Bertz CT molecular complexity index is 1020. The summed E-state index contributed by atoms with van der Waals surface area (Å²) in [6.45, 7) is 12.1. The van der Waals surface area contributed by atoms with Crippen LogP contribution >= 0.6 is 11.3 Å². The summed E-state index contributed by atoms with van der Waals surface area (Å²) >= 11 is 1.64. The highest BCUT2D eigenvalue weighted by atomic mass is 32.1. The van der Waals surface area contributed by atoms with E-state index in [1.54, 1.807) is 28.4 Å². The van der Waals surface area contributed by atoms with Gasteiger partial charge in [-0.15, -0.1) is 11.3 Å². The van der Waals surface area contributed by atoms with Gasteiger partial charge in [-0.25, -0.2) is 14.6 Å². The zero-order valence-corrected chi connectivity index (χ0v) is 19.5. The summed E-state index contributed by atoms with van der Waals surface area (Å²) in [4.78, 5) is 28.1. The molecule has 8 heteroatoms. The van der Waals surface area contributed by atoms with E-state index in [1.165, 1.54) is 0 Å². The van der Waals surface area contributed by atoms with E-state index in [2.05, 4.69) is 42.7 Å². The molecule has 1 amide bonds. The van der Waals surface area contributed by atoms with Crippen LogP contribution in [-0.2, 0) is 0 Å². The summed E-state index contributed by atoms with van der Waals surface area (Å²) in [6, 6.07) is 6.38. The third-order valence-electron chi connectivity index (χ3n) is 5.97. The van der Waals surface area contributed by atoms with Crippen molar-refractivity contribution in [2.75, 3.05) is 26.2 Å². The summed E-state index contributed by atoms with van der Waals surface area (Å²) < 4.78 is 1.73. The summed E-state index contributed by atoms with van der Waals surface area (Å²) in [5.41, 5.74) is 2.37. The molecule has 0 spiro atoms. The van der Waals surface area contributed by atoms with Gasteiger partial charge < -0.3 is 4.90 Å². The molecule has 1 atom stereocenters. The van der Waals surface area contributed by atoms with Crippen LogP contribution in [-0.4, -0.2) is 67.7 Å². The number of aromatic nitrogens is 4. The third kappa shape index (κ3) is 4.27. The molecule has 164 valence electrons. The number of likely N-dealkylation sites (N-methyl/N-ethyl adjacent to an activating group) is 1. The van der Waals surface area contributed by atoms with Gasteiger partial charge in [0.25, 0.3) is 11.9 Å². The van der Waals surface area contributed by atoms with Crippen LogP contribution in [0.15, 0.2) is 36.0 Å². The maximum absolute atomic E-state index is 13.4. The molecule has 4 heterocycles. The van der Waals surface area contributed by atoms with E-state index < -0.39 is 0 Å². The van der Waals surface area contributed by atoms with Gasteiger partial charge in [0.05, 0.1) is 28.0 Å². The van der Waals surface area contributed by atoms with Gasteiger partial charge in [-0.3, -0.25) is 9.69 Å². The molecule has 0 radical (unpaired) electrons. The van der Waals surface area contributed by atoms with E-state index in [4.69, 9.17) is 4.98 Å². The Labute approximate surface area is 187 Å². The van der Waals surface area contributed by atoms with Gasteiger partial charge in [0.1, 0.15) is 0 Å². The van der Waals surface area contributed by atoms with Crippen LogP contribution in [0.25, 0.3) is 16.5 Å². The number of amides is 1. The number of thiophene rings is 1. The lowest BCUT2D eigenvalue weighted by molar-refractivity contribution is 0.0776. The van der Waals surface area contributed by atoms with Gasteiger partial charge in [-0.2, -0.15) is 5.10 Å². The van der Waals surface area contributed by atoms with Gasteiger partial charge in [-0.1, -0.05) is 33.8 Å². The smallest absolute Gasteiger partial charge is 0.257 e. The number of carbonyl (C=O) groups excluding carboxylic acids is 1. The molecule has 4 rings (SSSR count). The minimum absolute atomic E-state index is 0.0546. The van der Waals surface area contributed by atoms with Crippen molar-refractivity contribution in [3.63, 3.8) is 0 Å². The Balaban J connectivity index is 1.63. The van der Waals surface area contributed by atoms with Gasteiger partial charge in [0, 0.05) is 25.3 Å². The van der Waals surface area contributed by atoms with Crippen molar-refractivity contribution in [1.82, 2.24) is 29.5 Å². The standard InChI is InChI=1S/C23H30N6OS/c1-5-27(6-2)17-10-12-28(15-17)22(30)18-14-25-29(21(18)16(3)4)23-24-11-9-19(26-23)20-8-7-13-31-20/h7-9,11,13-14,16-17H,5-6,10,12,15H2,1-4H3/t17-/m0/s1. The first kappa shape index (κ1) is 21.6. The molecule has 1 fully saturated rings. The Morgan fingerprint density at radius 3 is 2.77 bits per heavy atom. The lowest BCUT2D eigenvalue weighted by Crippen LogP contribution is -2.38. The normalized spacial score (nSPS) is 16.6. The van der Waals surface area contributed by atoms with Crippen molar-refractivity contribution in [2.24, 2.45) is 0 Å². The minimum Gasteiger partial charge on any atom is -0.337 e. The molecule has 0 aromatic carbocycles. The molecule has 0 unspecified atom stereocenters. The SMILES string of the molecule is CCN(CC)[C@H]1CCN(C(=O)c2cnn(-c3nccc(-c4cccs4)n3)c2C(C)C)C1. The molecule has 1 aliphatic rings. The summed E-state index contributed by atoms with van der Waals surface area (Å²) in [6.07, 6.45) is 4.45. The van der Waals surface area contributed by atoms with Crippen molar-refractivity contribution in [1.29, 1.82) is 0 Å². The quantitative estimate of drug-likeness (QED) is 0.556. The fourth-order valence-electron chi connectivity index (χ4n) is 4.38. The average Bonchev–Trinajstić information content (AvgIpc) is 3.55. The van der Waals surface area contributed by atoms with Gasteiger partial charge in [-0.05, 0) is 42.9 Å². The lowest BCUT2D eigenvalue weighted by atomic mass is 10.1. The molecule has 3 aromatic rings. The highest BCUT2D eigenvalue weighted by Gasteiger charge is 2.32. The largest absolute Gasteiger partial charge is 0.337 e. The number of carbonyl (C=O) groups is 1. The molecule has 0 aliphatic carbocycles. The number of hydrogen-bond donors (Lipinski definition) is 0. The first-order chi connectivity index (χ1) is 15.0. The summed E-state index contributed by atoms with van der Waals surface area (Å²) in [5.74, 6) is 0.659. The second-order valence-corrected chi connectivity index (χ2v) is 9.09. The van der Waals surface area contributed by atoms with Gasteiger partial charge in [0.15, 0.2) is 0 Å². The molecule has 31 heavy (non-hydrogen) atoms. The minimum atomic E-state index is 0.0546. The van der Waals surface area contributed by atoms with E-state index in [9.17, 15) is 4.79 Å². The van der Waals surface area contributed by atoms with Crippen molar-refractivity contribution >= 4 is 17.2 Å². The van der Waals surface area contributed by atoms with Crippen molar-refractivity contribution in [2.45, 2.75) is 46.1 Å². The molecule has 0 bridgehead atoms. The number of nitrogens with zero attached hydrogens (tertiary/aromatic N) is 6. The second-order valence-electron chi connectivity index (χ2n) is 8.14. The van der Waals surface area contributed by atoms with E-state index in [-0.39, 0.29) is 11.8 Å². The van der Waals surface area contributed by atoms with Crippen LogP contribution < -0.4 is 0 Å². The highest BCUT2D eigenvalue weighted by Crippen LogP contribution is 2.27. The predicted octanol–water partition coefficient (Wildman–Crippen LogP) is 4.07. The molecule has 1 aliphatic heterocycles. The first-order valence-electron chi connectivity index (χ1n) is 11.0. The van der Waals surface area contributed by atoms with Crippen LogP contribution in [0.4, 0.5) is 0 Å². The monoisotopic (exact) mass is 438 g/mol. The fraction of sp³-hybridized carbons (Fsp3) is 0.478.